The Labute approximate surface area is 347 Å². The highest BCUT2D eigenvalue weighted by atomic mass is 35.5. The molecule has 0 radical (unpaired) electrons. The molecule has 0 N–H and O–H groups in total. The highest BCUT2D eigenvalue weighted by molar-refractivity contribution is 6.32. The molecule has 1 atom stereocenters. The van der Waals surface area contributed by atoms with Crippen molar-refractivity contribution in [2.75, 3.05) is 13.7 Å². The molecule has 1 amide bonds. The van der Waals surface area contributed by atoms with E-state index in [2.05, 4.69) is 10.4 Å². The Morgan fingerprint density at radius 3 is 2.23 bits per heavy atom. The maximum absolute atomic E-state index is 13.1. The van der Waals surface area contributed by atoms with Gasteiger partial charge < -0.3 is 19.1 Å². The zero-order chi connectivity index (χ0) is 43.7. The maximum Gasteiger partial charge on any atom is 0.431 e. The van der Waals surface area contributed by atoms with Crippen molar-refractivity contribution in [3.8, 4) is 22.9 Å². The summed E-state index contributed by atoms with van der Waals surface area (Å²) in [5.74, 6) is 0.315. The van der Waals surface area contributed by atoms with Crippen LogP contribution in [0.15, 0.2) is 87.2 Å². The summed E-state index contributed by atoms with van der Waals surface area (Å²) >= 11 is 6.10. The summed E-state index contributed by atoms with van der Waals surface area (Å²) in [7, 11) is 2.22. The lowest BCUT2D eigenvalue weighted by Crippen LogP contribution is -2.46. The van der Waals surface area contributed by atoms with Crippen molar-refractivity contribution < 1.29 is 37.0 Å². The van der Waals surface area contributed by atoms with E-state index in [1.807, 2.05) is 32.0 Å². The zero-order valence-electron chi connectivity index (χ0n) is 33.6. The van der Waals surface area contributed by atoms with E-state index in [1.165, 1.54) is 37.8 Å². The van der Waals surface area contributed by atoms with Gasteiger partial charge in [0.2, 0.25) is 0 Å². The Balaban J connectivity index is 0.000000246. The number of aromatic nitrogens is 6. The molecule has 2 heterocycles. The van der Waals surface area contributed by atoms with Gasteiger partial charge in [-0.25, -0.2) is 23.7 Å². The molecule has 6 rings (SSSR count). The number of benzene rings is 3. The topological polar surface area (TPSA) is 162 Å². The van der Waals surface area contributed by atoms with Gasteiger partial charge in [0.25, 0.3) is 5.56 Å². The smallest absolute Gasteiger partial charge is 0.431 e. The molecule has 320 valence electrons. The Hall–Kier alpha value is -6.17. The zero-order valence-corrected chi connectivity index (χ0v) is 34.4. The van der Waals surface area contributed by atoms with Crippen LogP contribution in [0.5, 0.6) is 11.5 Å². The van der Waals surface area contributed by atoms with Crippen molar-refractivity contribution in [1.82, 2.24) is 33.8 Å². The SMILES string of the molecule is CCN(C(=O)n1nnn(-c2ccccc2Cl)c1=O)C1CCCCC1.CCc1ccc(COc2ccc(-n3c(=O)cc(C(F)(F)F)n(C)c3=O)cc2)c(OC(C)C(=O)OC)c1. The number of alkyl halides is 3. The first-order valence-electron chi connectivity index (χ1n) is 19.2. The van der Waals surface area contributed by atoms with Gasteiger partial charge in [0.15, 0.2) is 6.10 Å². The number of para-hydroxylation sites is 1. The van der Waals surface area contributed by atoms with Gasteiger partial charge in [-0.15, -0.1) is 4.68 Å². The molecule has 60 heavy (non-hydrogen) atoms. The van der Waals surface area contributed by atoms with Crippen LogP contribution in [-0.2, 0) is 35.8 Å². The van der Waals surface area contributed by atoms with Crippen LogP contribution in [0, 0.1) is 0 Å². The van der Waals surface area contributed by atoms with Crippen LogP contribution in [0.4, 0.5) is 18.0 Å². The van der Waals surface area contributed by atoms with E-state index in [4.69, 9.17) is 25.8 Å². The maximum atomic E-state index is 13.1. The van der Waals surface area contributed by atoms with E-state index >= 15 is 0 Å². The summed E-state index contributed by atoms with van der Waals surface area (Å²) < 4.78 is 58.3. The number of nitrogens with zero attached hydrogens (tertiary/aromatic N) is 7. The molecule has 0 saturated heterocycles. The quantitative estimate of drug-likeness (QED) is 0.108. The van der Waals surface area contributed by atoms with Gasteiger partial charge in [-0.05, 0) is 91.6 Å². The number of aryl methyl sites for hydroxylation is 1. The number of rotatable bonds is 11. The van der Waals surface area contributed by atoms with Crippen LogP contribution in [0.2, 0.25) is 5.02 Å². The van der Waals surface area contributed by atoms with Crippen molar-refractivity contribution in [2.45, 2.75) is 84.2 Å². The Morgan fingerprint density at radius 2 is 1.62 bits per heavy atom. The molecule has 0 spiro atoms. The van der Waals surface area contributed by atoms with Gasteiger partial charge in [-0.1, -0.05) is 62.1 Å². The highest BCUT2D eigenvalue weighted by Gasteiger charge is 2.35. The number of ether oxygens (including phenoxy) is 3. The molecule has 1 unspecified atom stereocenters. The fourth-order valence-corrected chi connectivity index (χ4v) is 6.86. The molecule has 19 heteroatoms. The monoisotopic (exact) mass is 855 g/mol. The molecule has 1 aliphatic rings. The third-order valence-corrected chi connectivity index (χ3v) is 10.2. The number of amides is 1. The molecule has 1 fully saturated rings. The fourth-order valence-electron chi connectivity index (χ4n) is 6.65. The largest absolute Gasteiger partial charge is 0.489 e. The molecular weight excluding hydrogens is 811 g/mol. The summed E-state index contributed by atoms with van der Waals surface area (Å²) in [5, 5.41) is 7.95. The first kappa shape index (κ1) is 44.9. The average molecular weight is 856 g/mol. The van der Waals surface area contributed by atoms with Crippen LogP contribution >= 0.6 is 11.6 Å². The van der Waals surface area contributed by atoms with Crippen LogP contribution in [0.1, 0.15) is 69.7 Å². The van der Waals surface area contributed by atoms with Gasteiger partial charge in [0.1, 0.15) is 23.8 Å². The van der Waals surface area contributed by atoms with Gasteiger partial charge in [-0.2, -0.15) is 17.9 Å². The molecule has 0 aliphatic heterocycles. The van der Waals surface area contributed by atoms with Crippen LogP contribution in [-0.4, -0.2) is 71.6 Å². The lowest BCUT2D eigenvalue weighted by atomic mass is 9.94. The first-order valence-corrected chi connectivity index (χ1v) is 19.6. The number of halogens is 4. The molecule has 1 aliphatic carbocycles. The summed E-state index contributed by atoms with van der Waals surface area (Å²) in [6.45, 7) is 6.08. The first-order chi connectivity index (χ1) is 28.6. The highest BCUT2D eigenvalue weighted by Crippen LogP contribution is 2.28. The number of tetrazole rings is 1. The van der Waals surface area contributed by atoms with E-state index in [1.54, 1.807) is 36.1 Å². The van der Waals surface area contributed by atoms with Gasteiger partial charge in [0.05, 0.1) is 23.5 Å². The number of methoxy groups -OCH3 is 1. The summed E-state index contributed by atoms with van der Waals surface area (Å²) in [5.41, 5.74) is -2.00. The number of hydrogen-bond donors (Lipinski definition) is 0. The van der Waals surface area contributed by atoms with Crippen LogP contribution < -0.4 is 26.4 Å². The van der Waals surface area contributed by atoms with Crippen molar-refractivity contribution in [1.29, 1.82) is 0 Å². The minimum absolute atomic E-state index is 0.0779. The Morgan fingerprint density at radius 1 is 0.933 bits per heavy atom. The molecule has 5 aromatic rings. The van der Waals surface area contributed by atoms with Crippen molar-refractivity contribution in [2.24, 2.45) is 7.05 Å². The van der Waals surface area contributed by atoms with E-state index in [-0.39, 0.29) is 18.3 Å². The molecular formula is C41H45ClF3N7O8. The number of esters is 1. The predicted molar refractivity (Wildman–Crippen MR) is 215 cm³/mol. The number of carbonyl (C=O) groups is 2. The lowest BCUT2D eigenvalue weighted by molar-refractivity contribution is -0.148. The van der Waals surface area contributed by atoms with Gasteiger partial charge in [0, 0.05) is 31.3 Å². The van der Waals surface area contributed by atoms with Crippen molar-refractivity contribution >= 4 is 23.6 Å². The van der Waals surface area contributed by atoms with E-state index in [0.29, 0.717) is 49.5 Å². The average Bonchev–Trinajstić information content (AvgIpc) is 3.62. The van der Waals surface area contributed by atoms with Crippen LogP contribution in [0.3, 0.4) is 0 Å². The second-order valence-electron chi connectivity index (χ2n) is 13.8. The second-order valence-corrected chi connectivity index (χ2v) is 14.2. The standard InChI is InChI=1S/C25H25F3N2O6.C16H20ClN5O2/c1-5-16-6-7-17(20(12-16)36-15(2)23(32)34-4)14-35-19-10-8-18(9-11-19)30-22(31)13-21(25(26,27)28)29(3)24(30)33;1-2-20(12-8-4-3-5-9-12)15(23)22-16(24)21(18-19-22)14-11-7-6-10-13(14)17/h6-13,15H,5,14H2,1-4H3;6-7,10-12H,2-5,8-9H2,1H3. The predicted octanol–water partition coefficient (Wildman–Crippen LogP) is 6.34. The Bertz CT molecular complexity index is 2470. The fraction of sp³-hybridized carbons (Fsp3) is 0.390. The third kappa shape index (κ3) is 10.3. The third-order valence-electron chi connectivity index (χ3n) is 9.92. The molecule has 1 saturated carbocycles. The number of hydrogen-bond acceptors (Lipinski definition) is 10. The summed E-state index contributed by atoms with van der Waals surface area (Å²) in [6.07, 6.45) is 0.436. The van der Waals surface area contributed by atoms with Gasteiger partial charge >= 0.3 is 29.6 Å². The normalized spacial score (nSPS) is 13.5. The van der Waals surface area contributed by atoms with Crippen molar-refractivity contribution in [3.05, 3.63) is 126 Å². The minimum atomic E-state index is -4.84. The molecule has 3 aromatic carbocycles. The van der Waals surface area contributed by atoms with E-state index < -0.39 is 46.9 Å². The molecule has 15 nitrogen and oxygen atoms in total. The molecule has 0 bridgehead atoms. The summed E-state index contributed by atoms with van der Waals surface area (Å²) in [6, 6.07) is 18.2. The molecule has 2 aromatic heterocycles. The van der Waals surface area contributed by atoms with Gasteiger partial charge in [-0.3, -0.25) is 9.36 Å². The van der Waals surface area contributed by atoms with E-state index in [9.17, 15) is 37.1 Å². The van der Waals surface area contributed by atoms with Crippen LogP contribution in [0.25, 0.3) is 11.4 Å². The van der Waals surface area contributed by atoms with Crippen molar-refractivity contribution in [3.63, 3.8) is 0 Å². The summed E-state index contributed by atoms with van der Waals surface area (Å²) in [4.78, 5) is 63.5. The lowest BCUT2D eigenvalue weighted by Gasteiger charge is -2.32. The van der Waals surface area contributed by atoms with E-state index in [0.717, 1.165) is 54.1 Å². The second kappa shape index (κ2) is 19.7. The number of carbonyl (C=O) groups excluding carboxylic acids is 2. The Kier molecular flexibility index (Phi) is 14.8. The minimum Gasteiger partial charge on any atom is -0.489 e.